The number of nitrogens with zero attached hydrogens (tertiary/aromatic N) is 2. The second kappa shape index (κ2) is 6.50. The minimum absolute atomic E-state index is 0. The SMILES string of the molecule is CC(C)[C@@H](N)C(=O)NCc1cnn(C)c1.Cl. The smallest absolute Gasteiger partial charge is 0.237 e. The Balaban J connectivity index is 0.00000225. The lowest BCUT2D eigenvalue weighted by Gasteiger charge is -2.14. The number of rotatable bonds is 4. The van der Waals surface area contributed by atoms with Gasteiger partial charge in [0.15, 0.2) is 0 Å². The molecule has 0 saturated carbocycles. The van der Waals surface area contributed by atoms with E-state index in [0.717, 1.165) is 5.56 Å². The number of nitrogens with two attached hydrogens (primary N) is 1. The summed E-state index contributed by atoms with van der Waals surface area (Å²) in [7, 11) is 1.84. The summed E-state index contributed by atoms with van der Waals surface area (Å²) in [4.78, 5) is 11.5. The molecule has 1 heterocycles. The van der Waals surface area contributed by atoms with Crippen LogP contribution in [-0.2, 0) is 18.4 Å². The first-order chi connectivity index (χ1) is 7.00. The Morgan fingerprint density at radius 3 is 2.69 bits per heavy atom. The van der Waals surface area contributed by atoms with E-state index < -0.39 is 6.04 Å². The first kappa shape index (κ1) is 14.9. The van der Waals surface area contributed by atoms with E-state index in [0.29, 0.717) is 6.54 Å². The molecule has 0 aromatic carbocycles. The van der Waals surface area contributed by atoms with Gasteiger partial charge in [0.25, 0.3) is 0 Å². The van der Waals surface area contributed by atoms with Crippen LogP contribution in [-0.4, -0.2) is 21.7 Å². The average Bonchev–Trinajstić information content (AvgIpc) is 2.59. The van der Waals surface area contributed by atoms with Crippen LogP contribution in [0.5, 0.6) is 0 Å². The number of nitrogens with one attached hydrogen (secondary N) is 1. The molecule has 5 nitrogen and oxygen atoms in total. The van der Waals surface area contributed by atoms with Crippen molar-refractivity contribution in [1.82, 2.24) is 15.1 Å². The van der Waals surface area contributed by atoms with Gasteiger partial charge in [-0.25, -0.2) is 0 Å². The number of carbonyl (C=O) groups is 1. The first-order valence-corrected chi connectivity index (χ1v) is 5.01. The van der Waals surface area contributed by atoms with Gasteiger partial charge in [-0.2, -0.15) is 5.10 Å². The third kappa shape index (κ3) is 4.20. The molecule has 0 bridgehead atoms. The molecule has 92 valence electrons. The molecule has 1 atom stereocenters. The Hall–Kier alpha value is -1.07. The normalized spacial score (nSPS) is 12.1. The molecule has 0 radical (unpaired) electrons. The van der Waals surface area contributed by atoms with E-state index in [2.05, 4.69) is 10.4 Å². The minimum atomic E-state index is -0.443. The van der Waals surface area contributed by atoms with Crippen LogP contribution in [0.4, 0.5) is 0 Å². The summed E-state index contributed by atoms with van der Waals surface area (Å²) in [6.07, 6.45) is 3.59. The second-order valence-electron chi connectivity index (χ2n) is 4.01. The molecule has 0 aliphatic heterocycles. The topological polar surface area (TPSA) is 72.9 Å². The Bertz CT molecular complexity index is 337. The second-order valence-corrected chi connectivity index (χ2v) is 4.01. The van der Waals surface area contributed by atoms with Crippen molar-refractivity contribution < 1.29 is 4.79 Å². The summed E-state index contributed by atoms with van der Waals surface area (Å²) >= 11 is 0. The standard InChI is InChI=1S/C10H18N4O.ClH/c1-7(2)9(11)10(15)12-4-8-5-13-14(3)6-8;/h5-7,9H,4,11H2,1-3H3,(H,12,15);1H/t9-;/m1./s1. The molecule has 16 heavy (non-hydrogen) atoms. The van der Waals surface area contributed by atoms with E-state index >= 15 is 0 Å². The molecule has 0 aliphatic carbocycles. The fourth-order valence-electron chi connectivity index (χ4n) is 1.17. The third-order valence-corrected chi connectivity index (χ3v) is 2.25. The maximum absolute atomic E-state index is 11.5. The summed E-state index contributed by atoms with van der Waals surface area (Å²) in [5.74, 6) is 0.0350. The van der Waals surface area contributed by atoms with Crippen molar-refractivity contribution in [3.05, 3.63) is 18.0 Å². The van der Waals surface area contributed by atoms with Crippen LogP contribution >= 0.6 is 12.4 Å². The molecule has 0 spiro atoms. The zero-order chi connectivity index (χ0) is 11.4. The Morgan fingerprint density at radius 2 is 2.25 bits per heavy atom. The number of aromatic nitrogens is 2. The van der Waals surface area contributed by atoms with Gasteiger partial charge in [0.05, 0.1) is 12.2 Å². The summed E-state index contributed by atoms with van der Waals surface area (Å²) in [5, 5.41) is 6.78. The van der Waals surface area contributed by atoms with Crippen molar-refractivity contribution in [2.45, 2.75) is 26.4 Å². The Kier molecular flexibility index (Phi) is 6.06. The van der Waals surface area contributed by atoms with Crippen molar-refractivity contribution in [3.8, 4) is 0 Å². The fraction of sp³-hybridized carbons (Fsp3) is 0.600. The molecule has 1 amide bonds. The number of amides is 1. The van der Waals surface area contributed by atoms with Crippen LogP contribution in [0, 0.1) is 5.92 Å². The maximum Gasteiger partial charge on any atom is 0.237 e. The molecular weight excluding hydrogens is 228 g/mol. The van der Waals surface area contributed by atoms with E-state index in [4.69, 9.17) is 5.73 Å². The van der Waals surface area contributed by atoms with Gasteiger partial charge >= 0.3 is 0 Å². The zero-order valence-corrected chi connectivity index (χ0v) is 10.6. The molecule has 6 heteroatoms. The lowest BCUT2D eigenvalue weighted by molar-refractivity contribution is -0.123. The summed E-state index contributed by atoms with van der Waals surface area (Å²) in [6.45, 7) is 4.33. The van der Waals surface area contributed by atoms with Crippen molar-refractivity contribution in [1.29, 1.82) is 0 Å². The molecule has 1 rings (SSSR count). The van der Waals surface area contributed by atoms with Crippen molar-refractivity contribution in [3.63, 3.8) is 0 Å². The number of carbonyl (C=O) groups excluding carboxylic acids is 1. The maximum atomic E-state index is 11.5. The van der Waals surface area contributed by atoms with E-state index in [1.165, 1.54) is 0 Å². The van der Waals surface area contributed by atoms with E-state index in [1.807, 2.05) is 27.1 Å². The molecule has 1 aromatic heterocycles. The van der Waals surface area contributed by atoms with Crippen LogP contribution < -0.4 is 11.1 Å². The van der Waals surface area contributed by atoms with Crippen molar-refractivity contribution in [2.75, 3.05) is 0 Å². The fourth-order valence-corrected chi connectivity index (χ4v) is 1.17. The molecule has 1 aromatic rings. The highest BCUT2D eigenvalue weighted by molar-refractivity contribution is 5.85. The molecule has 0 unspecified atom stereocenters. The lowest BCUT2D eigenvalue weighted by Crippen LogP contribution is -2.43. The van der Waals surface area contributed by atoms with Crippen LogP contribution in [0.25, 0.3) is 0 Å². The van der Waals surface area contributed by atoms with Crippen molar-refractivity contribution in [2.24, 2.45) is 18.7 Å². The quantitative estimate of drug-likeness (QED) is 0.810. The predicted molar refractivity (Wildman–Crippen MR) is 65.1 cm³/mol. The van der Waals surface area contributed by atoms with E-state index in [1.54, 1.807) is 10.9 Å². The summed E-state index contributed by atoms with van der Waals surface area (Å²) in [5.41, 5.74) is 6.67. The highest BCUT2D eigenvalue weighted by Crippen LogP contribution is 1.99. The lowest BCUT2D eigenvalue weighted by atomic mass is 10.1. The number of aryl methyl sites for hydroxylation is 1. The van der Waals surface area contributed by atoms with Crippen LogP contribution in [0.3, 0.4) is 0 Å². The van der Waals surface area contributed by atoms with Crippen LogP contribution in [0.15, 0.2) is 12.4 Å². The van der Waals surface area contributed by atoms with Gasteiger partial charge in [0.1, 0.15) is 0 Å². The average molecular weight is 247 g/mol. The molecular formula is C10H19ClN4O. The highest BCUT2D eigenvalue weighted by Gasteiger charge is 2.16. The molecule has 3 N–H and O–H groups in total. The Labute approximate surface area is 102 Å². The largest absolute Gasteiger partial charge is 0.351 e. The summed E-state index contributed by atoms with van der Waals surface area (Å²) in [6, 6.07) is -0.443. The summed E-state index contributed by atoms with van der Waals surface area (Å²) < 4.78 is 1.70. The predicted octanol–water partition coefficient (Wildman–Crippen LogP) is 0.441. The first-order valence-electron chi connectivity index (χ1n) is 5.01. The number of hydrogen-bond donors (Lipinski definition) is 2. The van der Waals surface area contributed by atoms with Gasteiger partial charge in [-0.05, 0) is 5.92 Å². The highest BCUT2D eigenvalue weighted by atomic mass is 35.5. The molecule has 0 saturated heterocycles. The van der Waals surface area contributed by atoms with Gasteiger partial charge in [-0.15, -0.1) is 12.4 Å². The van der Waals surface area contributed by atoms with Gasteiger partial charge < -0.3 is 11.1 Å². The Morgan fingerprint density at radius 1 is 1.62 bits per heavy atom. The van der Waals surface area contributed by atoms with Gasteiger partial charge in [0, 0.05) is 25.4 Å². The minimum Gasteiger partial charge on any atom is -0.351 e. The van der Waals surface area contributed by atoms with Gasteiger partial charge in [-0.1, -0.05) is 13.8 Å². The molecule has 0 fully saturated rings. The third-order valence-electron chi connectivity index (χ3n) is 2.25. The van der Waals surface area contributed by atoms with Gasteiger partial charge in [0.2, 0.25) is 5.91 Å². The molecule has 0 aliphatic rings. The van der Waals surface area contributed by atoms with E-state index in [9.17, 15) is 4.79 Å². The number of halogens is 1. The van der Waals surface area contributed by atoms with Crippen LogP contribution in [0.2, 0.25) is 0 Å². The zero-order valence-electron chi connectivity index (χ0n) is 9.80. The van der Waals surface area contributed by atoms with Crippen LogP contribution in [0.1, 0.15) is 19.4 Å². The monoisotopic (exact) mass is 246 g/mol. The number of hydrogen-bond acceptors (Lipinski definition) is 3. The van der Waals surface area contributed by atoms with Gasteiger partial charge in [-0.3, -0.25) is 9.48 Å². The van der Waals surface area contributed by atoms with E-state index in [-0.39, 0.29) is 24.2 Å². The van der Waals surface area contributed by atoms with Crippen molar-refractivity contribution >= 4 is 18.3 Å².